The number of nitrogens with zero attached hydrogens (tertiary/aromatic N) is 2. The van der Waals surface area contributed by atoms with Gasteiger partial charge in [0.2, 0.25) is 0 Å². The first-order valence-electron chi connectivity index (χ1n) is 6.65. The lowest BCUT2D eigenvalue weighted by molar-refractivity contribution is 0.104. The zero-order valence-corrected chi connectivity index (χ0v) is 12.4. The fraction of sp³-hybridized carbons (Fsp3) is 0.250. The number of benzene rings is 1. The molecule has 0 aliphatic heterocycles. The summed E-state index contributed by atoms with van der Waals surface area (Å²) in [7, 11) is 3.10. The summed E-state index contributed by atoms with van der Waals surface area (Å²) in [6.45, 7) is 2.75. The largest absolute Gasteiger partial charge is 0.497 e. The van der Waals surface area contributed by atoms with Gasteiger partial charge in [-0.25, -0.2) is 0 Å². The molecular formula is C16H18N2O3. The lowest BCUT2D eigenvalue weighted by Gasteiger charge is -2.07. The number of ether oxygens (including phenoxy) is 2. The Hall–Kier alpha value is -2.56. The van der Waals surface area contributed by atoms with Crippen LogP contribution in [-0.4, -0.2) is 29.8 Å². The third-order valence-corrected chi connectivity index (χ3v) is 3.13. The van der Waals surface area contributed by atoms with Gasteiger partial charge in [-0.15, -0.1) is 0 Å². The minimum Gasteiger partial charge on any atom is -0.497 e. The molecule has 0 unspecified atom stereocenters. The molecule has 2 aromatic rings. The molecule has 0 saturated carbocycles. The predicted octanol–water partition coefficient (Wildman–Crippen LogP) is 2.82. The molecule has 0 bridgehead atoms. The van der Waals surface area contributed by atoms with Crippen LogP contribution < -0.4 is 9.47 Å². The molecule has 0 spiro atoms. The van der Waals surface area contributed by atoms with E-state index in [9.17, 15) is 4.79 Å². The maximum Gasteiger partial charge on any atom is 0.189 e. The molecule has 1 aromatic heterocycles. The highest BCUT2D eigenvalue weighted by Crippen LogP contribution is 2.24. The molecule has 5 heteroatoms. The van der Waals surface area contributed by atoms with Crippen LogP contribution in [0, 0.1) is 0 Å². The summed E-state index contributed by atoms with van der Waals surface area (Å²) in [5, 5.41) is 4.16. The molecule has 0 saturated heterocycles. The number of aryl methyl sites for hydroxylation is 1. The highest BCUT2D eigenvalue weighted by Gasteiger charge is 2.11. The van der Waals surface area contributed by atoms with Crippen molar-refractivity contribution < 1.29 is 14.3 Å². The average molecular weight is 286 g/mol. The van der Waals surface area contributed by atoms with Crippen molar-refractivity contribution in [1.82, 2.24) is 9.78 Å². The lowest BCUT2D eigenvalue weighted by Crippen LogP contribution is -2.01. The van der Waals surface area contributed by atoms with Crippen molar-refractivity contribution >= 4 is 11.9 Å². The monoisotopic (exact) mass is 286 g/mol. The van der Waals surface area contributed by atoms with E-state index in [-0.39, 0.29) is 5.78 Å². The summed E-state index contributed by atoms with van der Waals surface area (Å²) >= 11 is 0. The molecule has 1 heterocycles. The van der Waals surface area contributed by atoms with Gasteiger partial charge in [-0.1, -0.05) is 0 Å². The Bertz CT molecular complexity index is 659. The van der Waals surface area contributed by atoms with Crippen molar-refractivity contribution in [1.29, 1.82) is 0 Å². The van der Waals surface area contributed by atoms with Crippen LogP contribution in [-0.2, 0) is 6.54 Å². The number of carbonyl (C=O) groups excluding carboxylic acids is 1. The number of ketones is 1. The molecule has 0 aliphatic carbocycles. The Morgan fingerprint density at radius 2 is 2.10 bits per heavy atom. The summed E-state index contributed by atoms with van der Waals surface area (Å²) in [5.74, 6) is 0.996. The summed E-state index contributed by atoms with van der Waals surface area (Å²) in [5.41, 5.74) is 1.35. The van der Waals surface area contributed by atoms with Crippen molar-refractivity contribution in [3.05, 3.63) is 47.8 Å². The van der Waals surface area contributed by atoms with E-state index in [2.05, 4.69) is 5.10 Å². The smallest absolute Gasteiger partial charge is 0.189 e. The number of hydrogen-bond acceptors (Lipinski definition) is 4. The van der Waals surface area contributed by atoms with E-state index in [0.29, 0.717) is 17.1 Å². The minimum atomic E-state index is -0.144. The Morgan fingerprint density at radius 3 is 2.76 bits per heavy atom. The van der Waals surface area contributed by atoms with E-state index < -0.39 is 0 Å². The Labute approximate surface area is 123 Å². The van der Waals surface area contributed by atoms with Gasteiger partial charge in [-0.05, 0) is 43.3 Å². The standard InChI is InChI=1S/C16H18N2O3/c1-4-18-12(9-10-17-18)5-7-15(19)14-11-13(20-2)6-8-16(14)21-3/h5-11H,4H2,1-3H3/b7-5+. The first kappa shape index (κ1) is 14.8. The topological polar surface area (TPSA) is 53.4 Å². The van der Waals surface area contributed by atoms with Gasteiger partial charge in [0.1, 0.15) is 11.5 Å². The molecule has 0 N–H and O–H groups in total. The van der Waals surface area contributed by atoms with Gasteiger partial charge in [0.25, 0.3) is 0 Å². The number of carbonyl (C=O) groups is 1. The van der Waals surface area contributed by atoms with Gasteiger partial charge in [-0.3, -0.25) is 9.48 Å². The van der Waals surface area contributed by atoms with E-state index in [1.807, 2.05) is 17.7 Å². The number of methoxy groups -OCH3 is 2. The van der Waals surface area contributed by atoms with Crippen LogP contribution >= 0.6 is 0 Å². The maximum absolute atomic E-state index is 12.3. The molecule has 5 nitrogen and oxygen atoms in total. The summed E-state index contributed by atoms with van der Waals surface area (Å²) in [6, 6.07) is 7.00. The Morgan fingerprint density at radius 1 is 1.29 bits per heavy atom. The zero-order chi connectivity index (χ0) is 15.2. The first-order chi connectivity index (χ1) is 10.2. The Kier molecular flexibility index (Phi) is 4.77. The van der Waals surface area contributed by atoms with Crippen LogP contribution in [0.25, 0.3) is 6.08 Å². The SMILES string of the molecule is CCn1nccc1/C=C/C(=O)c1cc(OC)ccc1OC. The highest BCUT2D eigenvalue weighted by molar-refractivity contribution is 6.08. The summed E-state index contributed by atoms with van der Waals surface area (Å²) < 4.78 is 12.2. The van der Waals surface area contributed by atoms with E-state index in [0.717, 1.165) is 12.2 Å². The van der Waals surface area contributed by atoms with Crippen LogP contribution in [0.15, 0.2) is 36.5 Å². The lowest BCUT2D eigenvalue weighted by atomic mass is 10.1. The first-order valence-corrected chi connectivity index (χ1v) is 6.65. The van der Waals surface area contributed by atoms with E-state index in [1.54, 1.807) is 37.6 Å². The number of hydrogen-bond donors (Lipinski definition) is 0. The molecule has 1 aromatic carbocycles. The number of aromatic nitrogens is 2. The van der Waals surface area contributed by atoms with Crippen molar-refractivity contribution in [3.63, 3.8) is 0 Å². The van der Waals surface area contributed by atoms with Gasteiger partial charge in [0.15, 0.2) is 5.78 Å². The third kappa shape index (κ3) is 3.31. The summed E-state index contributed by atoms with van der Waals surface area (Å²) in [6.07, 6.45) is 4.97. The van der Waals surface area contributed by atoms with Crippen LogP contribution in [0.2, 0.25) is 0 Å². The van der Waals surface area contributed by atoms with Crippen molar-refractivity contribution in [2.45, 2.75) is 13.5 Å². The van der Waals surface area contributed by atoms with Crippen LogP contribution in [0.5, 0.6) is 11.5 Å². The fourth-order valence-corrected chi connectivity index (χ4v) is 2.01. The molecule has 0 fully saturated rings. The van der Waals surface area contributed by atoms with Crippen molar-refractivity contribution in [2.75, 3.05) is 14.2 Å². The molecule has 0 radical (unpaired) electrons. The van der Waals surface area contributed by atoms with E-state index in [4.69, 9.17) is 9.47 Å². The van der Waals surface area contributed by atoms with Gasteiger partial charge in [0, 0.05) is 12.7 Å². The van der Waals surface area contributed by atoms with Gasteiger partial charge < -0.3 is 9.47 Å². The van der Waals surface area contributed by atoms with Crippen molar-refractivity contribution in [3.8, 4) is 11.5 Å². The van der Waals surface area contributed by atoms with E-state index >= 15 is 0 Å². The van der Waals surface area contributed by atoms with Gasteiger partial charge >= 0.3 is 0 Å². The van der Waals surface area contributed by atoms with E-state index in [1.165, 1.54) is 13.2 Å². The maximum atomic E-state index is 12.3. The molecule has 0 aliphatic rings. The van der Waals surface area contributed by atoms with Crippen LogP contribution in [0.4, 0.5) is 0 Å². The second-order valence-corrected chi connectivity index (χ2v) is 4.34. The van der Waals surface area contributed by atoms with Crippen LogP contribution in [0.3, 0.4) is 0 Å². The van der Waals surface area contributed by atoms with Crippen LogP contribution in [0.1, 0.15) is 23.0 Å². The molecule has 21 heavy (non-hydrogen) atoms. The molecule has 2 rings (SSSR count). The normalized spacial score (nSPS) is 10.8. The van der Waals surface area contributed by atoms with Gasteiger partial charge in [-0.2, -0.15) is 5.10 Å². The van der Waals surface area contributed by atoms with Crippen molar-refractivity contribution in [2.24, 2.45) is 0 Å². The number of rotatable bonds is 6. The zero-order valence-electron chi connectivity index (χ0n) is 12.4. The molecule has 0 amide bonds. The Balaban J connectivity index is 2.27. The predicted molar refractivity (Wildman–Crippen MR) is 80.8 cm³/mol. The molecular weight excluding hydrogens is 268 g/mol. The molecule has 0 atom stereocenters. The quantitative estimate of drug-likeness (QED) is 0.605. The van der Waals surface area contributed by atoms with Gasteiger partial charge in [0.05, 0.1) is 25.5 Å². The minimum absolute atomic E-state index is 0.144. The second-order valence-electron chi connectivity index (χ2n) is 4.34. The summed E-state index contributed by atoms with van der Waals surface area (Å²) in [4.78, 5) is 12.3. The fourth-order valence-electron chi connectivity index (χ4n) is 2.01. The number of allylic oxidation sites excluding steroid dienone is 1. The third-order valence-electron chi connectivity index (χ3n) is 3.13. The second kappa shape index (κ2) is 6.74. The highest BCUT2D eigenvalue weighted by atomic mass is 16.5. The average Bonchev–Trinajstić information content (AvgIpc) is 2.99. The molecule has 110 valence electrons.